The molecule has 0 aliphatic carbocycles. The van der Waals surface area contributed by atoms with Gasteiger partial charge in [0.1, 0.15) is 17.2 Å². The molecule has 6 nitrogen and oxygen atoms in total. The summed E-state index contributed by atoms with van der Waals surface area (Å²) in [5, 5.41) is 9.44. The van der Waals surface area contributed by atoms with Gasteiger partial charge < -0.3 is 14.6 Å². The number of imidazole rings is 1. The average molecular weight is 314 g/mol. The van der Waals surface area contributed by atoms with Gasteiger partial charge in [-0.05, 0) is 38.8 Å². The fourth-order valence-corrected chi connectivity index (χ4v) is 3.28. The molecule has 1 saturated heterocycles. The van der Waals surface area contributed by atoms with Crippen molar-refractivity contribution in [2.45, 2.75) is 39.2 Å². The van der Waals surface area contributed by atoms with E-state index in [-0.39, 0.29) is 5.56 Å². The molecular formula is C17H22N4O2. The molecule has 0 saturated carbocycles. The number of anilines is 1. The highest BCUT2D eigenvalue weighted by atomic mass is 16.4. The first-order valence-electron chi connectivity index (χ1n) is 8.07. The maximum absolute atomic E-state index is 11.5. The van der Waals surface area contributed by atoms with Crippen molar-refractivity contribution >= 4 is 11.8 Å². The molecule has 23 heavy (non-hydrogen) atoms. The van der Waals surface area contributed by atoms with Gasteiger partial charge in [-0.2, -0.15) is 0 Å². The minimum Gasteiger partial charge on any atom is -0.478 e. The van der Waals surface area contributed by atoms with Crippen LogP contribution in [-0.2, 0) is 6.54 Å². The van der Waals surface area contributed by atoms with E-state index in [1.807, 2.05) is 19.3 Å². The average Bonchev–Trinajstić information content (AvgIpc) is 3.03. The standard InChI is InChI=1S/C17H22N4O2/c1-3-20-10-8-18-15(20)13-5-4-9-21(11-13)16-14(17(22)23)7-6-12(2)19-16/h6-8,10,13H,3-5,9,11H2,1-2H3,(H,22,23)/t13-/m1/s1. The molecule has 0 radical (unpaired) electrons. The predicted molar refractivity (Wildman–Crippen MR) is 88.0 cm³/mol. The van der Waals surface area contributed by atoms with Crippen molar-refractivity contribution in [1.29, 1.82) is 0 Å². The number of carboxylic acid groups (broad SMARTS) is 1. The second-order valence-corrected chi connectivity index (χ2v) is 5.99. The first-order valence-corrected chi connectivity index (χ1v) is 8.07. The van der Waals surface area contributed by atoms with Crippen LogP contribution in [0.15, 0.2) is 24.5 Å². The van der Waals surface area contributed by atoms with E-state index >= 15 is 0 Å². The number of carbonyl (C=O) groups is 1. The van der Waals surface area contributed by atoms with Crippen LogP contribution in [0.2, 0.25) is 0 Å². The van der Waals surface area contributed by atoms with Crippen LogP contribution in [0.25, 0.3) is 0 Å². The lowest BCUT2D eigenvalue weighted by molar-refractivity contribution is 0.0697. The second kappa shape index (κ2) is 6.40. The number of rotatable bonds is 4. The summed E-state index contributed by atoms with van der Waals surface area (Å²) >= 11 is 0. The SMILES string of the molecule is CCn1ccnc1[C@@H]1CCCN(c2nc(C)ccc2C(=O)O)C1. The van der Waals surface area contributed by atoms with Crippen LogP contribution in [0.3, 0.4) is 0 Å². The van der Waals surface area contributed by atoms with Gasteiger partial charge in [-0.25, -0.2) is 14.8 Å². The third-order valence-corrected chi connectivity index (χ3v) is 4.42. The molecule has 2 aromatic rings. The summed E-state index contributed by atoms with van der Waals surface area (Å²) < 4.78 is 2.16. The Morgan fingerprint density at radius 1 is 1.43 bits per heavy atom. The number of hydrogen-bond donors (Lipinski definition) is 1. The van der Waals surface area contributed by atoms with Gasteiger partial charge in [0.2, 0.25) is 0 Å². The first kappa shape index (κ1) is 15.5. The number of piperidine rings is 1. The lowest BCUT2D eigenvalue weighted by Gasteiger charge is -2.34. The summed E-state index contributed by atoms with van der Waals surface area (Å²) in [7, 11) is 0. The van der Waals surface area contributed by atoms with E-state index in [0.717, 1.165) is 44.0 Å². The molecule has 6 heteroatoms. The van der Waals surface area contributed by atoms with E-state index in [4.69, 9.17) is 0 Å². The maximum Gasteiger partial charge on any atom is 0.339 e. The normalized spacial score (nSPS) is 18.2. The Morgan fingerprint density at radius 2 is 2.26 bits per heavy atom. The molecule has 0 unspecified atom stereocenters. The van der Waals surface area contributed by atoms with Gasteiger partial charge in [0.15, 0.2) is 0 Å². The van der Waals surface area contributed by atoms with Crippen molar-refractivity contribution in [2.75, 3.05) is 18.0 Å². The van der Waals surface area contributed by atoms with Crippen LogP contribution in [0.1, 0.15) is 47.6 Å². The fourth-order valence-electron chi connectivity index (χ4n) is 3.28. The van der Waals surface area contributed by atoms with Crippen LogP contribution in [0.5, 0.6) is 0 Å². The Balaban J connectivity index is 1.90. The summed E-state index contributed by atoms with van der Waals surface area (Å²) in [5.74, 6) is 1.05. The van der Waals surface area contributed by atoms with Gasteiger partial charge in [0.25, 0.3) is 0 Å². The first-order chi connectivity index (χ1) is 11.1. The molecular weight excluding hydrogens is 292 g/mol. The summed E-state index contributed by atoms with van der Waals surface area (Å²) in [6.07, 6.45) is 5.92. The Labute approximate surface area is 135 Å². The highest BCUT2D eigenvalue weighted by molar-refractivity contribution is 5.93. The number of aromatic nitrogens is 3. The highest BCUT2D eigenvalue weighted by Crippen LogP contribution is 2.30. The Kier molecular flexibility index (Phi) is 4.32. The van der Waals surface area contributed by atoms with Gasteiger partial charge >= 0.3 is 5.97 Å². The van der Waals surface area contributed by atoms with Crippen molar-refractivity contribution in [3.05, 3.63) is 41.6 Å². The molecule has 1 N–H and O–H groups in total. The number of carboxylic acids is 1. The van der Waals surface area contributed by atoms with E-state index in [9.17, 15) is 9.90 Å². The zero-order chi connectivity index (χ0) is 16.4. The highest BCUT2D eigenvalue weighted by Gasteiger charge is 2.27. The van der Waals surface area contributed by atoms with Gasteiger partial charge in [0.05, 0.1) is 0 Å². The summed E-state index contributed by atoms with van der Waals surface area (Å²) in [6, 6.07) is 3.40. The lowest BCUT2D eigenvalue weighted by atomic mass is 9.96. The molecule has 0 amide bonds. The van der Waals surface area contributed by atoms with E-state index in [0.29, 0.717) is 11.7 Å². The van der Waals surface area contributed by atoms with Crippen LogP contribution in [0, 0.1) is 6.92 Å². The zero-order valence-corrected chi connectivity index (χ0v) is 13.6. The van der Waals surface area contributed by atoms with E-state index in [2.05, 4.69) is 26.4 Å². The zero-order valence-electron chi connectivity index (χ0n) is 13.6. The molecule has 2 aromatic heterocycles. The minimum atomic E-state index is -0.926. The third kappa shape index (κ3) is 3.06. The molecule has 122 valence electrons. The largest absolute Gasteiger partial charge is 0.478 e. The predicted octanol–water partition coefficient (Wildman–Crippen LogP) is 2.69. The van der Waals surface area contributed by atoms with Crippen molar-refractivity contribution < 1.29 is 9.90 Å². The maximum atomic E-state index is 11.5. The Morgan fingerprint density at radius 3 is 3.00 bits per heavy atom. The van der Waals surface area contributed by atoms with Crippen LogP contribution >= 0.6 is 0 Å². The van der Waals surface area contributed by atoms with Crippen molar-refractivity contribution in [1.82, 2.24) is 14.5 Å². The molecule has 1 aliphatic heterocycles. The smallest absolute Gasteiger partial charge is 0.339 e. The Hall–Kier alpha value is -2.37. The van der Waals surface area contributed by atoms with E-state index in [1.54, 1.807) is 12.1 Å². The summed E-state index contributed by atoms with van der Waals surface area (Å²) in [6.45, 7) is 6.49. The van der Waals surface area contributed by atoms with Gasteiger partial charge in [-0.3, -0.25) is 0 Å². The number of nitrogens with zero attached hydrogens (tertiary/aromatic N) is 4. The van der Waals surface area contributed by atoms with Crippen molar-refractivity contribution in [3.63, 3.8) is 0 Å². The molecule has 1 aliphatic rings. The number of pyridine rings is 1. The van der Waals surface area contributed by atoms with Crippen LogP contribution in [0.4, 0.5) is 5.82 Å². The lowest BCUT2D eigenvalue weighted by Crippen LogP contribution is -2.37. The molecule has 0 aromatic carbocycles. The second-order valence-electron chi connectivity index (χ2n) is 5.99. The third-order valence-electron chi connectivity index (χ3n) is 4.42. The van der Waals surface area contributed by atoms with E-state index in [1.165, 1.54) is 0 Å². The van der Waals surface area contributed by atoms with Crippen molar-refractivity contribution in [3.8, 4) is 0 Å². The van der Waals surface area contributed by atoms with Gasteiger partial charge in [-0.1, -0.05) is 0 Å². The monoisotopic (exact) mass is 314 g/mol. The molecule has 3 rings (SSSR count). The number of aryl methyl sites for hydroxylation is 2. The number of aromatic carboxylic acids is 1. The topological polar surface area (TPSA) is 71.2 Å². The van der Waals surface area contributed by atoms with Crippen LogP contribution < -0.4 is 4.90 Å². The van der Waals surface area contributed by atoms with Crippen LogP contribution in [-0.4, -0.2) is 38.7 Å². The summed E-state index contributed by atoms with van der Waals surface area (Å²) in [4.78, 5) is 22.6. The number of hydrogen-bond acceptors (Lipinski definition) is 4. The van der Waals surface area contributed by atoms with Gasteiger partial charge in [-0.15, -0.1) is 0 Å². The molecule has 0 bridgehead atoms. The van der Waals surface area contributed by atoms with E-state index < -0.39 is 5.97 Å². The molecule has 1 atom stereocenters. The Bertz CT molecular complexity index is 710. The van der Waals surface area contributed by atoms with Crippen molar-refractivity contribution in [2.24, 2.45) is 0 Å². The quantitative estimate of drug-likeness (QED) is 0.939. The molecule has 1 fully saturated rings. The fraction of sp³-hybridized carbons (Fsp3) is 0.471. The summed E-state index contributed by atoms with van der Waals surface area (Å²) in [5.41, 5.74) is 1.11. The molecule has 3 heterocycles. The molecule has 0 spiro atoms. The minimum absolute atomic E-state index is 0.273. The van der Waals surface area contributed by atoms with Gasteiger partial charge in [0, 0.05) is 43.6 Å².